The molecule has 1 N–H and O–H groups in total. The number of hydrogen-bond donors (Lipinski definition) is 1. The second-order valence-corrected chi connectivity index (χ2v) is 3.12. The number of carbonyl (C=O) groups is 1. The van der Waals surface area contributed by atoms with Crippen molar-refractivity contribution in [1.29, 1.82) is 0 Å². The van der Waals surface area contributed by atoms with Gasteiger partial charge in [-0.3, -0.25) is 0 Å². The van der Waals surface area contributed by atoms with Crippen molar-refractivity contribution >= 4 is 5.97 Å². The number of carbonyl (C=O) groups excluding carboxylic acids is 1. The zero-order chi connectivity index (χ0) is 11.3. The minimum Gasteiger partial charge on any atom is -0.508 e. The van der Waals surface area contributed by atoms with Crippen molar-refractivity contribution in [2.45, 2.75) is 12.5 Å². The van der Waals surface area contributed by atoms with E-state index < -0.39 is 12.1 Å². The molecule has 4 heteroatoms. The summed E-state index contributed by atoms with van der Waals surface area (Å²) >= 11 is 0. The molecule has 1 aromatic rings. The number of phenolic OH excluding ortho intramolecular Hbond substituents is 1. The SMILES string of the molecule is COC(=O)C(Cc1cccc(O)c1)OC. The van der Waals surface area contributed by atoms with E-state index in [1.54, 1.807) is 18.2 Å². The van der Waals surface area contributed by atoms with Gasteiger partial charge in [-0.05, 0) is 17.7 Å². The first-order valence-corrected chi connectivity index (χ1v) is 4.56. The molecule has 0 amide bonds. The van der Waals surface area contributed by atoms with Crippen LogP contribution in [0.25, 0.3) is 0 Å². The molecular formula is C11H14O4. The molecule has 4 nitrogen and oxygen atoms in total. The highest BCUT2D eigenvalue weighted by Gasteiger charge is 2.18. The van der Waals surface area contributed by atoms with Crippen LogP contribution in [0.1, 0.15) is 5.56 Å². The van der Waals surface area contributed by atoms with E-state index in [-0.39, 0.29) is 5.75 Å². The molecule has 0 heterocycles. The first-order chi connectivity index (χ1) is 7.17. The highest BCUT2D eigenvalue weighted by molar-refractivity contribution is 5.74. The molecule has 0 aromatic heterocycles. The first-order valence-electron chi connectivity index (χ1n) is 4.56. The molecule has 0 radical (unpaired) electrons. The molecule has 1 rings (SSSR count). The fourth-order valence-electron chi connectivity index (χ4n) is 1.29. The average Bonchev–Trinajstić information content (AvgIpc) is 2.25. The van der Waals surface area contributed by atoms with Gasteiger partial charge in [-0.25, -0.2) is 4.79 Å². The Kier molecular flexibility index (Phi) is 4.12. The van der Waals surface area contributed by atoms with Crippen LogP contribution in [0.4, 0.5) is 0 Å². The molecule has 1 atom stereocenters. The van der Waals surface area contributed by atoms with Crippen LogP contribution in [0.3, 0.4) is 0 Å². The van der Waals surface area contributed by atoms with E-state index in [0.717, 1.165) is 5.56 Å². The lowest BCUT2D eigenvalue weighted by molar-refractivity contribution is -0.152. The number of phenols is 1. The van der Waals surface area contributed by atoms with Gasteiger partial charge in [0.05, 0.1) is 7.11 Å². The van der Waals surface area contributed by atoms with Crippen LogP contribution in [0, 0.1) is 0 Å². The minimum absolute atomic E-state index is 0.173. The van der Waals surface area contributed by atoms with E-state index in [1.807, 2.05) is 6.07 Å². The van der Waals surface area contributed by atoms with Crippen LogP contribution in [0.2, 0.25) is 0 Å². The molecule has 0 spiro atoms. The smallest absolute Gasteiger partial charge is 0.335 e. The van der Waals surface area contributed by atoms with Crippen molar-refractivity contribution in [1.82, 2.24) is 0 Å². The zero-order valence-corrected chi connectivity index (χ0v) is 8.77. The summed E-state index contributed by atoms with van der Waals surface area (Å²) in [5.74, 6) is -0.243. The Balaban J connectivity index is 2.70. The van der Waals surface area contributed by atoms with Gasteiger partial charge in [-0.2, -0.15) is 0 Å². The summed E-state index contributed by atoms with van der Waals surface area (Å²) < 4.78 is 9.57. The van der Waals surface area contributed by atoms with Crippen LogP contribution in [0.5, 0.6) is 5.75 Å². The van der Waals surface area contributed by atoms with Gasteiger partial charge >= 0.3 is 5.97 Å². The highest BCUT2D eigenvalue weighted by atomic mass is 16.6. The van der Waals surface area contributed by atoms with Crippen LogP contribution in [-0.4, -0.2) is 31.4 Å². The monoisotopic (exact) mass is 210 g/mol. The van der Waals surface area contributed by atoms with Gasteiger partial charge in [0.1, 0.15) is 5.75 Å². The van der Waals surface area contributed by atoms with E-state index >= 15 is 0 Å². The van der Waals surface area contributed by atoms with Crippen molar-refractivity contribution in [3.05, 3.63) is 29.8 Å². The summed E-state index contributed by atoms with van der Waals surface area (Å²) in [6.45, 7) is 0. The van der Waals surface area contributed by atoms with Gasteiger partial charge < -0.3 is 14.6 Å². The molecule has 1 aromatic carbocycles. The van der Waals surface area contributed by atoms with E-state index in [1.165, 1.54) is 14.2 Å². The molecular weight excluding hydrogens is 196 g/mol. The summed E-state index contributed by atoms with van der Waals surface area (Å²) in [5, 5.41) is 9.24. The molecule has 0 aliphatic rings. The van der Waals surface area contributed by atoms with Crippen LogP contribution >= 0.6 is 0 Å². The molecule has 0 bridgehead atoms. The van der Waals surface area contributed by atoms with Gasteiger partial charge in [-0.15, -0.1) is 0 Å². The van der Waals surface area contributed by atoms with E-state index in [4.69, 9.17) is 4.74 Å². The summed E-state index contributed by atoms with van der Waals surface area (Å²) in [6.07, 6.45) is -0.241. The number of methoxy groups -OCH3 is 2. The normalized spacial score (nSPS) is 12.1. The van der Waals surface area contributed by atoms with Crippen molar-refractivity contribution in [2.24, 2.45) is 0 Å². The molecule has 0 aliphatic heterocycles. The standard InChI is InChI=1S/C11H14O4/c1-14-10(11(13)15-2)7-8-4-3-5-9(12)6-8/h3-6,10,12H,7H2,1-2H3. The van der Waals surface area contributed by atoms with Crippen molar-refractivity contribution in [2.75, 3.05) is 14.2 Å². The molecule has 1 unspecified atom stereocenters. The van der Waals surface area contributed by atoms with Crippen LogP contribution in [0.15, 0.2) is 24.3 Å². The number of aromatic hydroxyl groups is 1. The lowest BCUT2D eigenvalue weighted by atomic mass is 10.1. The maximum Gasteiger partial charge on any atom is 0.335 e. The van der Waals surface area contributed by atoms with Gasteiger partial charge in [-0.1, -0.05) is 12.1 Å². The number of rotatable bonds is 4. The van der Waals surface area contributed by atoms with Crippen molar-refractivity contribution in [3.63, 3.8) is 0 Å². The lowest BCUT2D eigenvalue weighted by Crippen LogP contribution is -2.26. The molecule has 0 aliphatic carbocycles. The number of esters is 1. The second kappa shape index (κ2) is 5.36. The Morgan fingerprint density at radius 2 is 2.20 bits per heavy atom. The maximum atomic E-state index is 11.2. The Morgan fingerprint density at radius 1 is 1.47 bits per heavy atom. The second-order valence-electron chi connectivity index (χ2n) is 3.12. The average molecular weight is 210 g/mol. The first kappa shape index (κ1) is 11.5. The number of benzene rings is 1. The molecule has 0 saturated heterocycles. The third-order valence-electron chi connectivity index (χ3n) is 2.08. The summed E-state index contributed by atoms with van der Waals surface area (Å²) in [7, 11) is 2.77. The van der Waals surface area contributed by atoms with Gasteiger partial charge in [0.15, 0.2) is 6.10 Å². The van der Waals surface area contributed by atoms with Crippen LogP contribution in [-0.2, 0) is 20.7 Å². The largest absolute Gasteiger partial charge is 0.508 e. The minimum atomic E-state index is -0.628. The number of hydrogen-bond acceptors (Lipinski definition) is 4. The lowest BCUT2D eigenvalue weighted by Gasteiger charge is -2.12. The van der Waals surface area contributed by atoms with Crippen molar-refractivity contribution in [3.8, 4) is 5.75 Å². The Hall–Kier alpha value is -1.55. The molecule has 0 fully saturated rings. The Morgan fingerprint density at radius 3 is 2.73 bits per heavy atom. The summed E-state index contributed by atoms with van der Waals surface area (Å²) in [4.78, 5) is 11.2. The topological polar surface area (TPSA) is 55.8 Å². The van der Waals surface area contributed by atoms with Gasteiger partial charge in [0.2, 0.25) is 0 Å². The Labute approximate surface area is 88.4 Å². The third-order valence-corrected chi connectivity index (χ3v) is 2.08. The fraction of sp³-hybridized carbons (Fsp3) is 0.364. The van der Waals surface area contributed by atoms with E-state index in [0.29, 0.717) is 6.42 Å². The molecule has 0 saturated carbocycles. The summed E-state index contributed by atoms with van der Waals surface area (Å²) in [6, 6.07) is 6.70. The quantitative estimate of drug-likeness (QED) is 0.757. The predicted molar refractivity (Wildman–Crippen MR) is 54.6 cm³/mol. The van der Waals surface area contributed by atoms with Crippen LogP contribution < -0.4 is 0 Å². The van der Waals surface area contributed by atoms with E-state index in [9.17, 15) is 9.90 Å². The Bertz CT molecular complexity index is 335. The number of ether oxygens (including phenoxy) is 2. The predicted octanol–water partition coefficient (Wildman–Crippen LogP) is 1.12. The van der Waals surface area contributed by atoms with Crippen molar-refractivity contribution < 1.29 is 19.4 Å². The zero-order valence-electron chi connectivity index (χ0n) is 8.77. The van der Waals surface area contributed by atoms with Gasteiger partial charge in [0, 0.05) is 13.5 Å². The van der Waals surface area contributed by atoms with Gasteiger partial charge in [0.25, 0.3) is 0 Å². The highest BCUT2D eigenvalue weighted by Crippen LogP contribution is 2.13. The fourth-order valence-corrected chi connectivity index (χ4v) is 1.29. The summed E-state index contributed by atoms with van der Waals surface area (Å²) in [5.41, 5.74) is 0.826. The molecule has 82 valence electrons. The molecule has 15 heavy (non-hydrogen) atoms. The van der Waals surface area contributed by atoms with E-state index in [2.05, 4.69) is 4.74 Å². The third kappa shape index (κ3) is 3.25. The maximum absolute atomic E-state index is 11.2.